The fourth-order valence-corrected chi connectivity index (χ4v) is 3.05. The Morgan fingerprint density at radius 1 is 1.43 bits per heavy atom. The summed E-state index contributed by atoms with van der Waals surface area (Å²) < 4.78 is 0.472. The van der Waals surface area contributed by atoms with Gasteiger partial charge in [-0.15, -0.1) is 0 Å². The quantitative estimate of drug-likeness (QED) is 0.716. The van der Waals surface area contributed by atoms with E-state index in [-0.39, 0.29) is 22.9 Å². The van der Waals surface area contributed by atoms with Gasteiger partial charge in [-0.05, 0) is 53.4 Å². The zero-order chi connectivity index (χ0) is 16.6. The van der Waals surface area contributed by atoms with Gasteiger partial charge in [0, 0.05) is 12.1 Å². The molecule has 0 bridgehead atoms. The Labute approximate surface area is 141 Å². The number of phenols is 1. The zero-order valence-corrected chi connectivity index (χ0v) is 14.1. The summed E-state index contributed by atoms with van der Waals surface area (Å²) in [6, 6.07) is 3.36. The van der Waals surface area contributed by atoms with Crippen LogP contribution in [0.15, 0.2) is 27.6 Å². The predicted molar refractivity (Wildman–Crippen MR) is 89.9 cm³/mol. The number of carbonyl (C=O) groups is 1. The maximum atomic E-state index is 12.3. The second kappa shape index (κ2) is 6.16. The molecule has 1 heterocycles. The van der Waals surface area contributed by atoms with Crippen LogP contribution >= 0.6 is 15.9 Å². The van der Waals surface area contributed by atoms with E-state index < -0.39 is 11.5 Å². The molecule has 1 aromatic heterocycles. The van der Waals surface area contributed by atoms with Gasteiger partial charge in [0.15, 0.2) is 5.75 Å². The van der Waals surface area contributed by atoms with Crippen LogP contribution in [0.2, 0.25) is 0 Å². The van der Waals surface area contributed by atoms with Crippen LogP contribution in [0.1, 0.15) is 46.9 Å². The van der Waals surface area contributed by atoms with Gasteiger partial charge in [0.2, 0.25) is 0 Å². The Bertz CT molecular complexity index is 828. The molecule has 1 amide bonds. The number of nitrogens with one attached hydrogen (secondary N) is 2. The number of amides is 1. The number of aromatic hydroxyl groups is 1. The summed E-state index contributed by atoms with van der Waals surface area (Å²) in [7, 11) is 0. The molecule has 7 heteroatoms. The Morgan fingerprint density at radius 3 is 2.78 bits per heavy atom. The van der Waals surface area contributed by atoms with Crippen LogP contribution in [-0.2, 0) is 0 Å². The van der Waals surface area contributed by atoms with Crippen LogP contribution in [0.4, 0.5) is 5.69 Å². The van der Waals surface area contributed by atoms with E-state index in [2.05, 4.69) is 31.2 Å². The lowest BCUT2D eigenvalue weighted by atomic mass is 9.85. The van der Waals surface area contributed by atoms with Gasteiger partial charge < -0.3 is 15.4 Å². The van der Waals surface area contributed by atoms with Gasteiger partial charge >= 0.3 is 0 Å². The van der Waals surface area contributed by atoms with E-state index in [1.807, 2.05) is 6.92 Å². The van der Waals surface area contributed by atoms with Gasteiger partial charge in [0.25, 0.3) is 11.5 Å². The molecule has 3 rings (SSSR count). The Balaban J connectivity index is 1.85. The number of phenolic OH excluding ortho intramolecular Hbond substituents is 1. The summed E-state index contributed by atoms with van der Waals surface area (Å²) in [4.78, 5) is 31.3. The summed E-state index contributed by atoms with van der Waals surface area (Å²) in [5, 5.41) is 12.5. The lowest BCUT2D eigenvalue weighted by Crippen LogP contribution is -2.26. The lowest BCUT2D eigenvalue weighted by molar-refractivity contribution is 0.102. The number of rotatable bonds is 3. The number of aromatic nitrogens is 2. The number of aromatic amines is 1. The van der Waals surface area contributed by atoms with Crippen LogP contribution in [0.5, 0.6) is 5.75 Å². The summed E-state index contributed by atoms with van der Waals surface area (Å²) in [5.74, 6) is 0.238. The minimum Gasteiger partial charge on any atom is -0.505 e. The third-order valence-electron chi connectivity index (χ3n) is 4.01. The van der Waals surface area contributed by atoms with Gasteiger partial charge in [0.05, 0.1) is 10.2 Å². The number of hydrogen-bond donors (Lipinski definition) is 3. The fraction of sp³-hybridized carbons (Fsp3) is 0.312. The molecule has 23 heavy (non-hydrogen) atoms. The molecule has 1 fully saturated rings. The summed E-state index contributed by atoms with van der Waals surface area (Å²) in [5.41, 5.74) is 0.553. The molecule has 1 aliphatic rings. The Morgan fingerprint density at radius 2 is 2.17 bits per heavy atom. The molecule has 0 aliphatic heterocycles. The first-order valence-corrected chi connectivity index (χ1v) is 8.14. The molecular weight excluding hydrogens is 362 g/mol. The van der Waals surface area contributed by atoms with Crippen LogP contribution in [-0.4, -0.2) is 21.0 Å². The molecule has 1 saturated carbocycles. The van der Waals surface area contributed by atoms with E-state index in [1.54, 1.807) is 12.1 Å². The van der Waals surface area contributed by atoms with Gasteiger partial charge in [-0.1, -0.05) is 6.42 Å². The highest BCUT2D eigenvalue weighted by molar-refractivity contribution is 9.10. The van der Waals surface area contributed by atoms with Crippen molar-refractivity contribution in [3.05, 3.63) is 50.1 Å². The smallest absolute Gasteiger partial charge is 0.263 e. The first-order chi connectivity index (χ1) is 11.0. The van der Waals surface area contributed by atoms with Gasteiger partial charge in [-0.2, -0.15) is 0 Å². The maximum absolute atomic E-state index is 12.3. The van der Waals surface area contributed by atoms with Crippen molar-refractivity contribution in [2.45, 2.75) is 32.1 Å². The Kier molecular flexibility index (Phi) is 4.21. The number of H-pyrrole nitrogens is 1. The summed E-state index contributed by atoms with van der Waals surface area (Å²) in [6.45, 7) is 1.83. The van der Waals surface area contributed by atoms with E-state index in [0.29, 0.717) is 10.3 Å². The van der Waals surface area contributed by atoms with Crippen molar-refractivity contribution in [2.24, 2.45) is 0 Å². The number of benzene rings is 1. The number of nitrogens with zero attached hydrogens (tertiary/aromatic N) is 1. The molecule has 0 saturated heterocycles. The van der Waals surface area contributed by atoms with Gasteiger partial charge in [0.1, 0.15) is 11.4 Å². The molecule has 0 unspecified atom stereocenters. The Hall–Kier alpha value is -2.15. The average Bonchev–Trinajstić information content (AvgIpc) is 2.42. The van der Waals surface area contributed by atoms with Gasteiger partial charge in [-0.3, -0.25) is 9.59 Å². The maximum Gasteiger partial charge on any atom is 0.263 e. The van der Waals surface area contributed by atoms with Crippen molar-refractivity contribution in [2.75, 3.05) is 5.32 Å². The molecule has 2 aromatic rings. The number of halogens is 1. The van der Waals surface area contributed by atoms with Crippen LogP contribution in [0.25, 0.3) is 0 Å². The minimum absolute atomic E-state index is 0.0786. The third kappa shape index (κ3) is 3.14. The van der Waals surface area contributed by atoms with Crippen molar-refractivity contribution >= 4 is 27.5 Å². The first kappa shape index (κ1) is 15.7. The summed E-state index contributed by atoms with van der Waals surface area (Å²) >= 11 is 3.22. The van der Waals surface area contributed by atoms with Crippen LogP contribution in [0, 0.1) is 6.92 Å². The lowest BCUT2D eigenvalue weighted by Gasteiger charge is -2.23. The largest absolute Gasteiger partial charge is 0.505 e. The average molecular weight is 378 g/mol. The van der Waals surface area contributed by atoms with E-state index in [9.17, 15) is 14.7 Å². The van der Waals surface area contributed by atoms with Crippen molar-refractivity contribution in [1.82, 2.24) is 9.97 Å². The number of hydrogen-bond acceptors (Lipinski definition) is 4. The zero-order valence-electron chi connectivity index (χ0n) is 12.5. The molecule has 0 radical (unpaired) electrons. The highest BCUT2D eigenvalue weighted by atomic mass is 79.9. The molecular formula is C16H16BrN3O3. The van der Waals surface area contributed by atoms with Crippen molar-refractivity contribution in [3.63, 3.8) is 0 Å². The van der Waals surface area contributed by atoms with E-state index >= 15 is 0 Å². The second-order valence-electron chi connectivity index (χ2n) is 5.74. The molecule has 0 spiro atoms. The number of aryl methyl sites for hydroxylation is 1. The minimum atomic E-state index is -0.605. The van der Waals surface area contributed by atoms with E-state index in [0.717, 1.165) is 24.8 Å². The van der Waals surface area contributed by atoms with Crippen LogP contribution < -0.4 is 10.9 Å². The third-order valence-corrected chi connectivity index (χ3v) is 4.62. The van der Waals surface area contributed by atoms with Crippen molar-refractivity contribution in [3.8, 4) is 5.75 Å². The molecule has 6 nitrogen and oxygen atoms in total. The summed E-state index contributed by atoms with van der Waals surface area (Å²) in [6.07, 6.45) is 4.46. The van der Waals surface area contributed by atoms with Crippen molar-refractivity contribution in [1.29, 1.82) is 0 Å². The fourth-order valence-electron chi connectivity index (χ4n) is 2.48. The molecule has 3 N–H and O–H groups in total. The van der Waals surface area contributed by atoms with E-state index in [1.165, 1.54) is 6.20 Å². The number of carbonyl (C=O) groups excluding carboxylic acids is 1. The molecule has 1 aromatic carbocycles. The highest BCUT2D eigenvalue weighted by Gasteiger charge is 2.23. The SMILES string of the molecule is Cc1cc(Br)c(O)c(NC(=O)c2cnc(C3CCC3)[nH]c2=O)c1. The molecule has 0 atom stereocenters. The predicted octanol–water partition coefficient (Wildman–Crippen LogP) is 3.07. The number of anilines is 1. The monoisotopic (exact) mass is 377 g/mol. The second-order valence-corrected chi connectivity index (χ2v) is 6.59. The topological polar surface area (TPSA) is 95.1 Å². The van der Waals surface area contributed by atoms with Gasteiger partial charge in [-0.25, -0.2) is 4.98 Å². The standard InChI is InChI=1S/C16H16BrN3O3/c1-8-5-11(17)13(21)12(6-8)19-15(22)10-7-18-14(20-16(10)23)9-3-2-4-9/h5-7,9,21H,2-4H2,1H3,(H,19,22)(H,18,20,23). The normalized spacial score (nSPS) is 14.3. The highest BCUT2D eigenvalue weighted by Crippen LogP contribution is 2.34. The van der Waals surface area contributed by atoms with Crippen molar-refractivity contribution < 1.29 is 9.90 Å². The molecule has 120 valence electrons. The van der Waals surface area contributed by atoms with E-state index in [4.69, 9.17) is 0 Å². The van der Waals surface area contributed by atoms with Crippen LogP contribution in [0.3, 0.4) is 0 Å². The molecule has 1 aliphatic carbocycles. The first-order valence-electron chi connectivity index (χ1n) is 7.35.